The lowest BCUT2D eigenvalue weighted by molar-refractivity contribution is -0.137. The molecule has 2 aromatic carbocycles. The van der Waals surface area contributed by atoms with Gasteiger partial charge in [0.25, 0.3) is 0 Å². The van der Waals surface area contributed by atoms with Crippen molar-refractivity contribution in [1.29, 1.82) is 0 Å². The molecule has 33 heavy (non-hydrogen) atoms. The maximum Gasteiger partial charge on any atom is 0.418 e. The highest BCUT2D eigenvalue weighted by Gasteiger charge is 2.33. The molecule has 1 amide bonds. The molecule has 1 aromatic heterocycles. The average molecular weight is 486 g/mol. The molecule has 0 radical (unpaired) electrons. The molecule has 0 aliphatic rings. The van der Waals surface area contributed by atoms with Crippen molar-refractivity contribution in [1.82, 2.24) is 14.8 Å². The first-order valence-electron chi connectivity index (χ1n) is 9.73. The van der Waals surface area contributed by atoms with Gasteiger partial charge >= 0.3 is 6.18 Å². The van der Waals surface area contributed by atoms with E-state index in [1.54, 1.807) is 18.4 Å². The lowest BCUT2D eigenvalue weighted by atomic mass is 10.1. The van der Waals surface area contributed by atoms with Crippen molar-refractivity contribution in [2.24, 2.45) is 0 Å². The van der Waals surface area contributed by atoms with Gasteiger partial charge in [-0.05, 0) is 38.1 Å². The predicted octanol–water partition coefficient (Wildman–Crippen LogP) is 5.47. The lowest BCUT2D eigenvalue weighted by Crippen LogP contribution is -2.18. The molecule has 1 N–H and O–H groups in total. The van der Waals surface area contributed by atoms with Crippen LogP contribution in [-0.2, 0) is 17.5 Å². The van der Waals surface area contributed by atoms with Gasteiger partial charge < -0.3 is 14.6 Å². The first-order chi connectivity index (χ1) is 15.6. The number of nitrogens with one attached hydrogen (secondary N) is 1. The Labute approximate surface area is 190 Å². The fourth-order valence-electron chi connectivity index (χ4n) is 2.97. The summed E-state index contributed by atoms with van der Waals surface area (Å²) in [4.78, 5) is 12.3. The Morgan fingerprint density at radius 2 is 1.91 bits per heavy atom. The summed E-state index contributed by atoms with van der Waals surface area (Å²) in [6.07, 6.45) is -5.35. The zero-order chi connectivity index (χ0) is 24.2. The molecule has 0 bridgehead atoms. The van der Waals surface area contributed by atoms with E-state index in [9.17, 15) is 26.7 Å². The number of hydrogen-bond acceptors (Lipinski definition) is 5. The Hall–Kier alpha value is -3.15. The number of anilines is 1. The van der Waals surface area contributed by atoms with Crippen molar-refractivity contribution in [3.63, 3.8) is 0 Å². The van der Waals surface area contributed by atoms with Gasteiger partial charge in [0.05, 0.1) is 17.0 Å². The number of carbonyl (C=O) groups is 1. The van der Waals surface area contributed by atoms with E-state index in [-0.39, 0.29) is 17.2 Å². The highest BCUT2D eigenvalue weighted by atomic mass is 32.2. The molecule has 0 aliphatic heterocycles. The monoisotopic (exact) mass is 486 g/mol. The van der Waals surface area contributed by atoms with E-state index in [0.29, 0.717) is 23.6 Å². The SMILES string of the molecule is CCn1c(SCC(=O)Nc2ccccc2C(F)(F)F)nnc1C(C)Oc1ccc(F)cc1F. The second kappa shape index (κ2) is 10.2. The van der Waals surface area contributed by atoms with Gasteiger partial charge in [-0.2, -0.15) is 13.2 Å². The molecule has 0 fully saturated rings. The number of nitrogens with zero attached hydrogens (tertiary/aromatic N) is 3. The summed E-state index contributed by atoms with van der Waals surface area (Å²) in [5.74, 6) is -2.29. The van der Waals surface area contributed by atoms with Crippen LogP contribution < -0.4 is 10.1 Å². The highest BCUT2D eigenvalue weighted by molar-refractivity contribution is 7.99. The van der Waals surface area contributed by atoms with Gasteiger partial charge in [0, 0.05) is 12.6 Å². The normalized spacial score (nSPS) is 12.5. The van der Waals surface area contributed by atoms with E-state index < -0.39 is 35.4 Å². The molecule has 1 heterocycles. The molecule has 0 aliphatic carbocycles. The van der Waals surface area contributed by atoms with Gasteiger partial charge in [0.1, 0.15) is 5.82 Å². The van der Waals surface area contributed by atoms with Gasteiger partial charge in [-0.3, -0.25) is 4.79 Å². The van der Waals surface area contributed by atoms with Gasteiger partial charge in [0.2, 0.25) is 5.91 Å². The second-order valence-corrected chi connectivity index (χ2v) is 7.74. The van der Waals surface area contributed by atoms with Crippen molar-refractivity contribution in [2.45, 2.75) is 37.8 Å². The van der Waals surface area contributed by atoms with Gasteiger partial charge in [0.15, 0.2) is 28.7 Å². The Morgan fingerprint density at radius 1 is 1.18 bits per heavy atom. The standard InChI is InChI=1S/C21H19F5N4O2S/c1-3-30-19(12(2)32-17-9-8-13(22)10-15(17)23)28-29-20(30)33-11-18(31)27-16-7-5-4-6-14(16)21(24,25)26/h4-10,12H,3,11H2,1-2H3,(H,27,31). The van der Waals surface area contributed by atoms with Gasteiger partial charge in [-0.15, -0.1) is 10.2 Å². The largest absolute Gasteiger partial charge is 0.480 e. The summed E-state index contributed by atoms with van der Waals surface area (Å²) in [5.41, 5.74) is -1.28. The number of amides is 1. The first-order valence-corrected chi connectivity index (χ1v) is 10.7. The van der Waals surface area contributed by atoms with Crippen LogP contribution in [0.5, 0.6) is 5.75 Å². The Balaban J connectivity index is 1.67. The molecular weight excluding hydrogens is 467 g/mol. The summed E-state index contributed by atoms with van der Waals surface area (Å²) < 4.78 is 73.4. The molecule has 3 rings (SSSR count). The maximum atomic E-state index is 13.9. The summed E-state index contributed by atoms with van der Waals surface area (Å²) in [7, 11) is 0. The zero-order valence-corrected chi connectivity index (χ0v) is 18.3. The number of rotatable bonds is 8. The zero-order valence-electron chi connectivity index (χ0n) is 17.5. The van der Waals surface area contributed by atoms with E-state index in [2.05, 4.69) is 15.5 Å². The van der Waals surface area contributed by atoms with E-state index >= 15 is 0 Å². The number of alkyl halides is 3. The van der Waals surface area contributed by atoms with E-state index in [0.717, 1.165) is 30.0 Å². The second-order valence-electron chi connectivity index (χ2n) is 6.80. The Bertz CT molecular complexity index is 1140. The van der Waals surface area contributed by atoms with Crippen LogP contribution in [0.1, 0.15) is 31.3 Å². The summed E-state index contributed by atoms with van der Waals surface area (Å²) in [6, 6.07) is 7.60. The summed E-state index contributed by atoms with van der Waals surface area (Å²) >= 11 is 0.979. The van der Waals surface area contributed by atoms with Crippen molar-refractivity contribution >= 4 is 23.4 Å². The smallest absolute Gasteiger partial charge is 0.418 e. The minimum absolute atomic E-state index is 0.161. The number of benzene rings is 2. The minimum Gasteiger partial charge on any atom is -0.480 e. The van der Waals surface area contributed by atoms with Crippen LogP contribution in [0.15, 0.2) is 47.6 Å². The van der Waals surface area contributed by atoms with Crippen molar-refractivity contribution < 1.29 is 31.5 Å². The first kappa shape index (κ1) is 24.5. The molecule has 1 unspecified atom stereocenters. The van der Waals surface area contributed by atoms with Crippen LogP contribution in [0.3, 0.4) is 0 Å². The van der Waals surface area contributed by atoms with E-state index in [4.69, 9.17) is 4.74 Å². The quantitative estimate of drug-likeness (QED) is 0.338. The topological polar surface area (TPSA) is 69.0 Å². The number of para-hydroxylation sites is 1. The third-order valence-corrected chi connectivity index (χ3v) is 5.43. The van der Waals surface area contributed by atoms with Crippen molar-refractivity contribution in [3.8, 4) is 5.75 Å². The summed E-state index contributed by atoms with van der Waals surface area (Å²) in [5, 5.41) is 10.6. The van der Waals surface area contributed by atoms with E-state index in [1.807, 2.05) is 0 Å². The van der Waals surface area contributed by atoms with Crippen LogP contribution in [0.2, 0.25) is 0 Å². The third-order valence-electron chi connectivity index (χ3n) is 4.46. The lowest BCUT2D eigenvalue weighted by Gasteiger charge is -2.16. The maximum absolute atomic E-state index is 13.9. The summed E-state index contributed by atoms with van der Waals surface area (Å²) in [6.45, 7) is 3.79. The van der Waals surface area contributed by atoms with Crippen LogP contribution in [0.25, 0.3) is 0 Å². The predicted molar refractivity (Wildman–Crippen MR) is 112 cm³/mol. The number of carbonyl (C=O) groups excluding carboxylic acids is 1. The third kappa shape index (κ3) is 6.01. The molecule has 0 saturated carbocycles. The van der Waals surface area contributed by atoms with Crippen LogP contribution in [0.4, 0.5) is 27.6 Å². The van der Waals surface area contributed by atoms with Gasteiger partial charge in [-0.1, -0.05) is 23.9 Å². The fraction of sp³-hybridized carbons (Fsp3) is 0.286. The molecule has 3 aromatic rings. The van der Waals surface area contributed by atoms with E-state index in [1.165, 1.54) is 18.2 Å². The molecule has 0 saturated heterocycles. The number of aromatic nitrogens is 3. The van der Waals surface area contributed by atoms with Crippen molar-refractivity contribution in [3.05, 3.63) is 65.5 Å². The molecule has 12 heteroatoms. The number of ether oxygens (including phenoxy) is 1. The average Bonchev–Trinajstić information content (AvgIpc) is 3.17. The van der Waals surface area contributed by atoms with Crippen LogP contribution >= 0.6 is 11.8 Å². The number of thioether (sulfide) groups is 1. The molecule has 1 atom stereocenters. The number of halogens is 5. The van der Waals surface area contributed by atoms with Gasteiger partial charge in [-0.25, -0.2) is 8.78 Å². The Kier molecular flexibility index (Phi) is 7.57. The van der Waals surface area contributed by atoms with Crippen LogP contribution in [0, 0.1) is 11.6 Å². The van der Waals surface area contributed by atoms with Crippen molar-refractivity contribution in [2.75, 3.05) is 11.1 Å². The molecular formula is C21H19F5N4O2S. The van der Waals surface area contributed by atoms with Crippen LogP contribution in [-0.4, -0.2) is 26.4 Å². The number of hydrogen-bond donors (Lipinski definition) is 1. The molecule has 6 nitrogen and oxygen atoms in total. The molecule has 0 spiro atoms. The fourth-order valence-corrected chi connectivity index (χ4v) is 3.78. The Morgan fingerprint density at radius 3 is 2.58 bits per heavy atom. The minimum atomic E-state index is -4.60. The molecule has 176 valence electrons. The highest BCUT2D eigenvalue weighted by Crippen LogP contribution is 2.34.